The highest BCUT2D eigenvalue weighted by molar-refractivity contribution is 7.85. The van der Waals surface area contributed by atoms with Crippen LogP contribution in [-0.4, -0.2) is 24.2 Å². The topological polar surface area (TPSA) is 75.7 Å². The lowest BCUT2D eigenvalue weighted by Gasteiger charge is -2.24. The molecule has 0 spiro atoms. The maximum atomic E-state index is 10.4. The van der Waals surface area contributed by atoms with E-state index >= 15 is 0 Å². The Hall–Kier alpha value is -3.00. The van der Waals surface area contributed by atoms with Crippen LogP contribution in [0.25, 0.3) is 5.57 Å². The van der Waals surface area contributed by atoms with Gasteiger partial charge in [-0.15, -0.1) is 0 Å². The van der Waals surface area contributed by atoms with Crippen molar-refractivity contribution in [2.75, 3.05) is 0 Å². The van der Waals surface area contributed by atoms with Crippen molar-refractivity contribution in [3.63, 3.8) is 0 Å². The van der Waals surface area contributed by atoms with E-state index in [9.17, 15) is 13.0 Å². The number of hydrogen-bond acceptors (Lipinski definition) is 5. The van der Waals surface area contributed by atoms with Gasteiger partial charge >= 0.3 is 0 Å². The second-order valence-corrected chi connectivity index (χ2v) is 14.2. The summed E-state index contributed by atoms with van der Waals surface area (Å²) in [6.45, 7) is 14.2. The normalized spacial score (nSPS) is 17.4. The van der Waals surface area contributed by atoms with Crippen LogP contribution in [0.5, 0.6) is 11.5 Å². The monoisotopic (exact) mass is 580 g/mol. The summed E-state index contributed by atoms with van der Waals surface area (Å²) in [5, 5.41) is 0. The van der Waals surface area contributed by atoms with Gasteiger partial charge in [0.15, 0.2) is 4.75 Å². The average Bonchev–Trinajstić information content (AvgIpc) is 2.84. The first kappa shape index (κ1) is 31.5. The maximum Gasteiger partial charge on any atom is 0.170 e. The Balaban J connectivity index is 0.000000336. The van der Waals surface area contributed by atoms with Gasteiger partial charge in [-0.3, -0.25) is 0 Å². The van der Waals surface area contributed by atoms with Gasteiger partial charge in [0.25, 0.3) is 0 Å². The number of aryl methyl sites for hydroxylation is 1. The van der Waals surface area contributed by atoms with Crippen molar-refractivity contribution in [2.24, 2.45) is 0 Å². The molecule has 3 aromatic rings. The third kappa shape index (κ3) is 9.58. The first-order valence-electron chi connectivity index (χ1n) is 13.2. The second-order valence-electron chi connectivity index (χ2n) is 11.9. The summed E-state index contributed by atoms with van der Waals surface area (Å²) in [5.74, 6) is 1.79. The SMILES string of the molecule is CC(C)(C)Oc1ccc(C2=CCC([SH2+])(c3ccc(OC(C)(C)C)cc3)C=C2)cc1.Cc1ccc(S(=O)(=O)[O-])cc1. The predicted octanol–water partition coefficient (Wildman–Crippen LogP) is 7.19. The zero-order chi connectivity index (χ0) is 29.8. The molecule has 0 heterocycles. The van der Waals surface area contributed by atoms with Crippen molar-refractivity contribution in [1.82, 2.24) is 0 Å². The van der Waals surface area contributed by atoms with Crippen LogP contribution in [0.1, 0.15) is 64.7 Å². The zero-order valence-electron chi connectivity index (χ0n) is 24.3. The maximum absolute atomic E-state index is 10.4. The van der Waals surface area contributed by atoms with Crippen LogP contribution >= 0.6 is 0 Å². The minimum Gasteiger partial charge on any atom is -0.744 e. The molecule has 3 aromatic carbocycles. The lowest BCUT2D eigenvalue weighted by Crippen LogP contribution is -2.23. The fourth-order valence-corrected chi connectivity index (χ4v) is 4.84. The average molecular weight is 581 g/mol. The Labute approximate surface area is 245 Å². The van der Waals surface area contributed by atoms with Crippen molar-refractivity contribution < 1.29 is 22.4 Å². The molecule has 0 N–H and O–H groups in total. The number of benzene rings is 3. The van der Waals surface area contributed by atoms with E-state index in [4.69, 9.17) is 9.47 Å². The van der Waals surface area contributed by atoms with Crippen LogP contribution in [-0.2, 0) is 27.5 Å². The Morgan fingerprint density at radius 1 is 0.775 bits per heavy atom. The standard InChI is InChI=1S/C26H32O2S.C7H8O3S/c1-24(2,3)27-22-11-7-19(8-12-22)20-15-17-26(29,18-16-20)21-9-13-23(14-10-21)28-25(4,5)6;1-6-2-4-7(5-3-6)11(8,9)10/h7-17,29H,18H2,1-6H3;2-5H,1H3,(H,8,9,10). The zero-order valence-corrected chi connectivity index (χ0v) is 26.1. The summed E-state index contributed by atoms with van der Waals surface area (Å²) in [4.78, 5) is -0.178. The first-order chi connectivity index (χ1) is 18.4. The minimum atomic E-state index is -4.27. The molecular formula is C33H40O5S2. The predicted molar refractivity (Wildman–Crippen MR) is 166 cm³/mol. The largest absolute Gasteiger partial charge is 0.744 e. The Bertz CT molecular complexity index is 1440. The molecule has 7 heteroatoms. The van der Waals surface area contributed by atoms with Gasteiger partial charge in [-0.25, -0.2) is 8.42 Å². The molecule has 1 aliphatic carbocycles. The molecule has 0 aliphatic heterocycles. The summed E-state index contributed by atoms with van der Waals surface area (Å²) in [6.07, 6.45) is 7.59. The number of allylic oxidation sites excluding steroid dienone is 3. The highest BCUT2D eigenvalue weighted by atomic mass is 32.2. The molecule has 0 saturated carbocycles. The van der Waals surface area contributed by atoms with Crippen LogP contribution in [0.15, 0.2) is 95.9 Å². The Morgan fingerprint density at radius 2 is 1.25 bits per heavy atom. The van der Waals surface area contributed by atoms with E-state index in [1.807, 2.05) is 31.2 Å². The molecule has 0 aromatic heterocycles. The van der Waals surface area contributed by atoms with E-state index < -0.39 is 10.1 Å². The van der Waals surface area contributed by atoms with Gasteiger partial charge in [0.1, 0.15) is 32.8 Å². The van der Waals surface area contributed by atoms with Crippen LogP contribution < -0.4 is 9.47 Å². The van der Waals surface area contributed by atoms with E-state index in [1.165, 1.54) is 28.8 Å². The molecule has 0 fully saturated rings. The van der Waals surface area contributed by atoms with E-state index in [0.717, 1.165) is 23.5 Å². The van der Waals surface area contributed by atoms with Crippen molar-refractivity contribution in [2.45, 2.75) is 75.7 Å². The van der Waals surface area contributed by atoms with Crippen molar-refractivity contribution in [3.05, 3.63) is 108 Å². The number of hydrogen-bond donors (Lipinski definition) is 0. The van der Waals surface area contributed by atoms with Gasteiger partial charge in [0.05, 0.1) is 4.90 Å². The van der Waals surface area contributed by atoms with Gasteiger partial charge in [-0.05, 0) is 127 Å². The smallest absolute Gasteiger partial charge is 0.170 e. The van der Waals surface area contributed by atoms with E-state index in [2.05, 4.69) is 96.7 Å². The summed E-state index contributed by atoms with van der Waals surface area (Å²) in [5.41, 5.74) is 4.20. The van der Waals surface area contributed by atoms with Crippen molar-refractivity contribution in [1.29, 1.82) is 0 Å². The highest BCUT2D eigenvalue weighted by Crippen LogP contribution is 2.36. The highest BCUT2D eigenvalue weighted by Gasteiger charge is 2.32. The van der Waals surface area contributed by atoms with Gasteiger partial charge < -0.3 is 14.0 Å². The first-order valence-corrected chi connectivity index (χ1v) is 15.1. The quantitative estimate of drug-likeness (QED) is 0.236. The summed E-state index contributed by atoms with van der Waals surface area (Å²) in [6, 6.07) is 22.5. The molecule has 0 bridgehead atoms. The Morgan fingerprint density at radius 3 is 1.65 bits per heavy atom. The van der Waals surface area contributed by atoms with E-state index in [1.54, 1.807) is 12.1 Å². The molecule has 4 rings (SSSR count). The lowest BCUT2D eigenvalue weighted by atomic mass is 9.87. The molecule has 5 nitrogen and oxygen atoms in total. The van der Waals surface area contributed by atoms with E-state index in [0.29, 0.717) is 0 Å². The van der Waals surface area contributed by atoms with Gasteiger partial charge in [-0.1, -0.05) is 42.0 Å². The molecule has 0 radical (unpaired) electrons. The molecular weight excluding hydrogens is 540 g/mol. The molecule has 1 atom stereocenters. The van der Waals surface area contributed by atoms with Gasteiger partial charge in [0.2, 0.25) is 0 Å². The summed E-state index contributed by atoms with van der Waals surface area (Å²) >= 11 is 4.00. The van der Waals surface area contributed by atoms with Gasteiger partial charge in [-0.2, -0.15) is 0 Å². The van der Waals surface area contributed by atoms with Crippen LogP contribution in [0.2, 0.25) is 0 Å². The third-order valence-electron chi connectivity index (χ3n) is 5.91. The number of ether oxygens (including phenoxy) is 2. The van der Waals surface area contributed by atoms with Gasteiger partial charge in [0, 0.05) is 12.0 Å². The molecule has 1 unspecified atom stereocenters. The fraction of sp³-hybridized carbons (Fsp3) is 0.333. The molecule has 0 amide bonds. The summed E-state index contributed by atoms with van der Waals surface area (Å²) < 4.78 is 42.8. The third-order valence-corrected chi connectivity index (χ3v) is 7.42. The van der Waals surface area contributed by atoms with Crippen molar-refractivity contribution in [3.8, 4) is 11.5 Å². The molecule has 1 aliphatic rings. The molecule has 214 valence electrons. The van der Waals surface area contributed by atoms with Crippen LogP contribution in [0.4, 0.5) is 0 Å². The molecule has 40 heavy (non-hydrogen) atoms. The van der Waals surface area contributed by atoms with Crippen LogP contribution in [0, 0.1) is 6.92 Å². The Kier molecular flexibility index (Phi) is 9.66. The minimum absolute atomic E-state index is 0.178. The molecule has 0 saturated heterocycles. The fourth-order valence-electron chi connectivity index (χ4n) is 4.02. The van der Waals surface area contributed by atoms with E-state index in [-0.39, 0.29) is 20.8 Å². The summed E-state index contributed by atoms with van der Waals surface area (Å²) in [7, 11) is -4.27. The second kappa shape index (κ2) is 12.2. The van der Waals surface area contributed by atoms with Crippen molar-refractivity contribution >= 4 is 28.3 Å². The van der Waals surface area contributed by atoms with Crippen LogP contribution in [0.3, 0.4) is 0 Å². The number of rotatable bonds is 5. The lowest BCUT2D eigenvalue weighted by molar-refractivity contribution is 0.130.